The summed E-state index contributed by atoms with van der Waals surface area (Å²) in [6, 6.07) is 13.1. The highest BCUT2D eigenvalue weighted by molar-refractivity contribution is 6.42. The first-order valence-electron chi connectivity index (χ1n) is 7.86. The van der Waals surface area contributed by atoms with Crippen molar-refractivity contribution in [1.82, 2.24) is 0 Å². The van der Waals surface area contributed by atoms with E-state index in [1.54, 1.807) is 30.4 Å². The molecule has 2 aromatic carbocycles. The third-order valence-electron chi connectivity index (χ3n) is 3.74. The number of hydrogen-bond acceptors (Lipinski definition) is 4. The molecule has 0 saturated carbocycles. The summed E-state index contributed by atoms with van der Waals surface area (Å²) in [4.78, 5) is 18.2. The van der Waals surface area contributed by atoms with E-state index in [1.807, 2.05) is 49.3 Å². The van der Waals surface area contributed by atoms with E-state index in [-0.39, 0.29) is 11.6 Å². The lowest BCUT2D eigenvalue weighted by Gasteiger charge is -2.11. The summed E-state index contributed by atoms with van der Waals surface area (Å²) in [6.07, 6.45) is 4.98. The number of nitrogens with zero attached hydrogens (tertiary/aromatic N) is 2. The quantitative estimate of drug-likeness (QED) is 0.544. The number of hydrogen-bond donors (Lipinski definition) is 0. The van der Waals surface area contributed by atoms with E-state index >= 15 is 0 Å². The Bertz CT molecular complexity index is 929. The SMILES string of the molecule is CN(C)c1ccc(C=C2N=C(C=Cc3cccc(Cl)c3Cl)OC2=O)cc1. The maximum absolute atomic E-state index is 12.0. The van der Waals surface area contributed by atoms with Gasteiger partial charge in [0.2, 0.25) is 5.90 Å². The highest BCUT2D eigenvalue weighted by atomic mass is 35.5. The van der Waals surface area contributed by atoms with Gasteiger partial charge < -0.3 is 9.64 Å². The van der Waals surface area contributed by atoms with Crippen molar-refractivity contribution in [2.45, 2.75) is 0 Å². The lowest BCUT2D eigenvalue weighted by molar-refractivity contribution is -0.129. The van der Waals surface area contributed by atoms with Crippen LogP contribution >= 0.6 is 23.2 Å². The number of benzene rings is 2. The third kappa shape index (κ3) is 4.15. The van der Waals surface area contributed by atoms with Gasteiger partial charge in [-0.15, -0.1) is 0 Å². The van der Waals surface area contributed by atoms with Gasteiger partial charge in [-0.3, -0.25) is 0 Å². The van der Waals surface area contributed by atoms with Crippen molar-refractivity contribution in [3.63, 3.8) is 0 Å². The molecule has 0 bridgehead atoms. The van der Waals surface area contributed by atoms with Crippen LogP contribution in [0.1, 0.15) is 11.1 Å². The molecule has 3 rings (SSSR count). The smallest absolute Gasteiger partial charge is 0.363 e. The lowest BCUT2D eigenvalue weighted by atomic mass is 10.1. The number of carbonyl (C=O) groups excluding carboxylic acids is 1. The summed E-state index contributed by atoms with van der Waals surface area (Å²) in [5.74, 6) is -0.277. The fourth-order valence-electron chi connectivity index (χ4n) is 2.33. The van der Waals surface area contributed by atoms with Crippen LogP contribution in [0, 0.1) is 0 Å². The summed E-state index contributed by atoms with van der Waals surface area (Å²) in [7, 11) is 3.94. The zero-order chi connectivity index (χ0) is 18.7. The maximum atomic E-state index is 12.0. The second-order valence-electron chi connectivity index (χ2n) is 5.83. The molecule has 6 heteroatoms. The van der Waals surface area contributed by atoms with Crippen molar-refractivity contribution in [1.29, 1.82) is 0 Å². The Labute approximate surface area is 162 Å². The van der Waals surface area contributed by atoms with Gasteiger partial charge in [-0.05, 0) is 41.5 Å². The molecule has 0 radical (unpaired) electrons. The minimum Gasteiger partial charge on any atom is -0.403 e. The summed E-state index contributed by atoms with van der Waals surface area (Å²) in [5, 5.41) is 0.896. The Hall–Kier alpha value is -2.56. The second kappa shape index (κ2) is 7.77. The minimum absolute atomic E-state index is 0.210. The summed E-state index contributed by atoms with van der Waals surface area (Å²) in [6.45, 7) is 0. The molecule has 1 heterocycles. The molecule has 132 valence electrons. The molecular weight excluding hydrogens is 371 g/mol. The van der Waals surface area contributed by atoms with Crippen molar-refractivity contribution in [3.8, 4) is 0 Å². The number of halogens is 2. The molecule has 0 spiro atoms. The van der Waals surface area contributed by atoms with Crippen molar-refractivity contribution < 1.29 is 9.53 Å². The monoisotopic (exact) mass is 386 g/mol. The van der Waals surface area contributed by atoms with Gasteiger partial charge in [0.05, 0.1) is 10.0 Å². The Morgan fingerprint density at radius 1 is 1.04 bits per heavy atom. The normalized spacial score (nSPS) is 15.5. The van der Waals surface area contributed by atoms with E-state index in [0.29, 0.717) is 10.0 Å². The van der Waals surface area contributed by atoms with Gasteiger partial charge >= 0.3 is 5.97 Å². The van der Waals surface area contributed by atoms with Gasteiger partial charge in [0.1, 0.15) is 0 Å². The summed E-state index contributed by atoms with van der Waals surface area (Å²) < 4.78 is 5.17. The molecule has 0 amide bonds. The van der Waals surface area contributed by atoms with Gasteiger partial charge in [-0.25, -0.2) is 9.79 Å². The standard InChI is InChI=1S/C20H16Cl2N2O2/c1-24(2)15-9-6-13(7-10-15)12-17-20(25)26-18(23-17)11-8-14-4-3-5-16(21)19(14)22/h3-12H,1-2H3. The molecule has 0 unspecified atom stereocenters. The molecule has 0 aromatic heterocycles. The molecule has 1 aliphatic heterocycles. The number of aliphatic imine (C=N–C) groups is 1. The Kier molecular flexibility index (Phi) is 5.45. The lowest BCUT2D eigenvalue weighted by Crippen LogP contribution is -2.07. The van der Waals surface area contributed by atoms with Gasteiger partial charge in [0.15, 0.2) is 5.70 Å². The first-order valence-corrected chi connectivity index (χ1v) is 8.61. The van der Waals surface area contributed by atoms with E-state index < -0.39 is 5.97 Å². The molecule has 4 nitrogen and oxygen atoms in total. The van der Waals surface area contributed by atoms with Gasteiger partial charge in [0.25, 0.3) is 0 Å². The topological polar surface area (TPSA) is 41.9 Å². The van der Waals surface area contributed by atoms with Crippen LogP contribution in [-0.4, -0.2) is 26.0 Å². The maximum Gasteiger partial charge on any atom is 0.363 e. The highest BCUT2D eigenvalue weighted by Gasteiger charge is 2.21. The predicted molar refractivity (Wildman–Crippen MR) is 108 cm³/mol. The van der Waals surface area contributed by atoms with Gasteiger partial charge in [-0.1, -0.05) is 47.5 Å². The zero-order valence-corrected chi connectivity index (χ0v) is 15.8. The first-order chi connectivity index (χ1) is 12.4. The van der Waals surface area contributed by atoms with E-state index in [4.69, 9.17) is 27.9 Å². The van der Waals surface area contributed by atoms with Gasteiger partial charge in [0, 0.05) is 25.9 Å². The first kappa shape index (κ1) is 18.2. The van der Waals surface area contributed by atoms with Crippen molar-refractivity contribution in [2.75, 3.05) is 19.0 Å². The van der Waals surface area contributed by atoms with E-state index in [9.17, 15) is 4.79 Å². The number of rotatable bonds is 4. The number of esters is 1. The van der Waals surface area contributed by atoms with Crippen LogP contribution in [-0.2, 0) is 9.53 Å². The predicted octanol–water partition coefficient (Wildman–Crippen LogP) is 5.07. The third-order valence-corrected chi connectivity index (χ3v) is 4.57. The molecule has 2 aromatic rings. The van der Waals surface area contributed by atoms with Gasteiger partial charge in [-0.2, -0.15) is 0 Å². The zero-order valence-electron chi connectivity index (χ0n) is 14.2. The molecular formula is C20H16Cl2N2O2. The number of carbonyl (C=O) groups is 1. The number of anilines is 1. The van der Waals surface area contributed by atoms with Crippen molar-refractivity contribution in [3.05, 3.63) is 75.4 Å². The highest BCUT2D eigenvalue weighted by Crippen LogP contribution is 2.27. The van der Waals surface area contributed by atoms with Crippen LogP contribution in [0.3, 0.4) is 0 Å². The largest absolute Gasteiger partial charge is 0.403 e. The van der Waals surface area contributed by atoms with Crippen LogP contribution in [0.2, 0.25) is 10.0 Å². The summed E-state index contributed by atoms with van der Waals surface area (Å²) in [5.41, 5.74) is 2.91. The van der Waals surface area contributed by atoms with E-state index in [2.05, 4.69) is 4.99 Å². The van der Waals surface area contributed by atoms with Crippen LogP contribution in [0.4, 0.5) is 5.69 Å². The number of cyclic esters (lactones) is 1. The minimum atomic E-state index is -0.487. The van der Waals surface area contributed by atoms with Crippen LogP contribution in [0.15, 0.2) is 59.2 Å². The van der Waals surface area contributed by atoms with E-state index in [0.717, 1.165) is 16.8 Å². The van der Waals surface area contributed by atoms with Crippen molar-refractivity contribution in [2.24, 2.45) is 4.99 Å². The van der Waals surface area contributed by atoms with Crippen LogP contribution in [0.5, 0.6) is 0 Å². The molecule has 0 saturated heterocycles. The second-order valence-corrected chi connectivity index (χ2v) is 6.62. The molecule has 0 atom stereocenters. The Morgan fingerprint density at radius 2 is 1.77 bits per heavy atom. The molecule has 0 N–H and O–H groups in total. The molecule has 1 aliphatic rings. The molecule has 26 heavy (non-hydrogen) atoms. The average Bonchev–Trinajstić information content (AvgIpc) is 2.96. The van der Waals surface area contributed by atoms with Crippen molar-refractivity contribution >= 4 is 52.9 Å². The van der Waals surface area contributed by atoms with Crippen LogP contribution in [0.25, 0.3) is 12.2 Å². The fraction of sp³-hybridized carbons (Fsp3) is 0.100. The number of ether oxygens (including phenoxy) is 1. The Morgan fingerprint density at radius 3 is 2.46 bits per heavy atom. The Balaban J connectivity index is 1.80. The fourth-order valence-corrected chi connectivity index (χ4v) is 2.70. The molecule has 0 fully saturated rings. The summed E-state index contributed by atoms with van der Waals surface area (Å²) >= 11 is 12.1. The van der Waals surface area contributed by atoms with E-state index in [1.165, 1.54) is 0 Å². The average molecular weight is 387 g/mol. The molecule has 0 aliphatic carbocycles. The van der Waals surface area contributed by atoms with Crippen LogP contribution < -0.4 is 4.90 Å².